The lowest BCUT2D eigenvalue weighted by molar-refractivity contribution is -0.137. The van der Waals surface area contributed by atoms with Crippen LogP contribution in [0, 0.1) is 0 Å². The van der Waals surface area contributed by atoms with Crippen LogP contribution < -0.4 is 16.0 Å². The molecule has 25 heavy (non-hydrogen) atoms. The van der Waals surface area contributed by atoms with Crippen molar-refractivity contribution in [3.63, 3.8) is 0 Å². The van der Waals surface area contributed by atoms with E-state index < -0.39 is 17.8 Å². The zero-order valence-corrected chi connectivity index (χ0v) is 14.0. The predicted octanol–water partition coefficient (Wildman–Crippen LogP) is 4.42. The fourth-order valence-electron chi connectivity index (χ4n) is 1.85. The van der Waals surface area contributed by atoms with E-state index in [-0.39, 0.29) is 28.4 Å². The van der Waals surface area contributed by atoms with Crippen LogP contribution in [0.4, 0.5) is 35.3 Å². The summed E-state index contributed by atoms with van der Waals surface area (Å²) in [4.78, 5) is 11.5. The molecule has 10 heteroatoms. The molecule has 0 spiro atoms. The summed E-state index contributed by atoms with van der Waals surface area (Å²) in [5.74, 6) is 0.418. The van der Waals surface area contributed by atoms with Crippen molar-refractivity contribution < 1.29 is 18.0 Å². The van der Waals surface area contributed by atoms with Gasteiger partial charge in [-0.1, -0.05) is 11.6 Å². The van der Waals surface area contributed by atoms with Crippen molar-refractivity contribution in [3.05, 3.63) is 40.9 Å². The molecule has 0 unspecified atom stereocenters. The lowest BCUT2D eigenvalue weighted by atomic mass is 10.2. The van der Waals surface area contributed by atoms with Gasteiger partial charge in [-0.2, -0.15) is 13.2 Å². The molecule has 2 amide bonds. The molecule has 0 fully saturated rings. The highest BCUT2D eigenvalue weighted by Crippen LogP contribution is 2.36. The number of hydrogen-bond acceptors (Lipinski definition) is 4. The van der Waals surface area contributed by atoms with E-state index in [2.05, 4.69) is 26.1 Å². The summed E-state index contributed by atoms with van der Waals surface area (Å²) >= 11 is 5.57. The largest absolute Gasteiger partial charge is 0.417 e. The average Bonchev–Trinajstić information content (AvgIpc) is 2.49. The highest BCUT2D eigenvalue weighted by molar-refractivity contribution is 6.31. The van der Waals surface area contributed by atoms with Crippen molar-refractivity contribution in [2.24, 2.45) is 0 Å². The summed E-state index contributed by atoms with van der Waals surface area (Å²) in [6, 6.07) is 5.88. The molecule has 1 aromatic carbocycles. The molecule has 0 aliphatic rings. The van der Waals surface area contributed by atoms with E-state index >= 15 is 0 Å². The van der Waals surface area contributed by atoms with Crippen LogP contribution in [0.15, 0.2) is 30.3 Å². The van der Waals surface area contributed by atoms with Crippen LogP contribution in [0.5, 0.6) is 0 Å². The molecule has 0 atom stereocenters. The maximum atomic E-state index is 12.8. The van der Waals surface area contributed by atoms with E-state index in [1.165, 1.54) is 18.2 Å². The van der Waals surface area contributed by atoms with E-state index in [1.54, 1.807) is 13.8 Å². The Balaban J connectivity index is 2.08. The van der Waals surface area contributed by atoms with Crippen molar-refractivity contribution in [3.8, 4) is 0 Å². The number of halogens is 4. The molecule has 0 radical (unpaired) electrons. The normalized spacial score (nSPS) is 11.3. The summed E-state index contributed by atoms with van der Waals surface area (Å²) in [6.45, 7) is 3.61. The highest BCUT2D eigenvalue weighted by Gasteiger charge is 2.33. The van der Waals surface area contributed by atoms with Crippen LogP contribution >= 0.6 is 11.6 Å². The molecule has 0 saturated heterocycles. The molecule has 134 valence electrons. The Kier molecular flexibility index (Phi) is 5.68. The Morgan fingerprint density at radius 2 is 1.76 bits per heavy atom. The molecule has 0 bridgehead atoms. The van der Waals surface area contributed by atoms with Gasteiger partial charge in [0.15, 0.2) is 11.6 Å². The first-order chi connectivity index (χ1) is 11.6. The number of alkyl halides is 3. The van der Waals surface area contributed by atoms with Crippen LogP contribution in [0.2, 0.25) is 5.02 Å². The number of amides is 2. The zero-order chi connectivity index (χ0) is 18.6. The predicted molar refractivity (Wildman–Crippen MR) is 89.1 cm³/mol. The standard InChI is InChI=1S/C15H15ClF3N5O/c1-8(2)20-14(25)22-13-6-5-12(23-24-13)21-9-3-4-11(16)10(7-9)15(17,18)19/h3-8H,1-2H3,(H,21,23)(H2,20,22,24,25). The molecule has 2 rings (SSSR count). The second kappa shape index (κ2) is 7.56. The minimum Gasteiger partial charge on any atom is -0.339 e. The van der Waals surface area contributed by atoms with E-state index in [1.807, 2.05) is 0 Å². The molecule has 6 nitrogen and oxygen atoms in total. The lowest BCUT2D eigenvalue weighted by Crippen LogP contribution is -2.34. The minimum atomic E-state index is -4.56. The first kappa shape index (κ1) is 18.8. The van der Waals surface area contributed by atoms with Gasteiger partial charge in [-0.15, -0.1) is 10.2 Å². The van der Waals surface area contributed by atoms with Crippen molar-refractivity contribution in [1.82, 2.24) is 15.5 Å². The van der Waals surface area contributed by atoms with Gasteiger partial charge in [0.05, 0.1) is 10.6 Å². The van der Waals surface area contributed by atoms with Gasteiger partial charge in [0.1, 0.15) is 0 Å². The third-order valence-electron chi connectivity index (χ3n) is 2.87. The monoisotopic (exact) mass is 373 g/mol. The summed E-state index contributed by atoms with van der Waals surface area (Å²) < 4.78 is 38.5. The van der Waals surface area contributed by atoms with Crippen molar-refractivity contribution in [1.29, 1.82) is 0 Å². The second-order valence-corrected chi connectivity index (χ2v) is 5.78. The van der Waals surface area contributed by atoms with Gasteiger partial charge in [-0.05, 0) is 44.2 Å². The van der Waals surface area contributed by atoms with Gasteiger partial charge in [0.25, 0.3) is 0 Å². The molecule has 2 aromatic rings. The Morgan fingerprint density at radius 1 is 1.12 bits per heavy atom. The van der Waals surface area contributed by atoms with Crippen molar-refractivity contribution in [2.75, 3.05) is 10.6 Å². The quantitative estimate of drug-likeness (QED) is 0.741. The van der Waals surface area contributed by atoms with Gasteiger partial charge in [0.2, 0.25) is 0 Å². The molecule has 1 aromatic heterocycles. The Morgan fingerprint density at radius 3 is 2.32 bits per heavy atom. The number of nitrogens with one attached hydrogen (secondary N) is 3. The topological polar surface area (TPSA) is 78.9 Å². The summed E-state index contributed by atoms with van der Waals surface area (Å²) in [6.07, 6.45) is -4.56. The summed E-state index contributed by atoms with van der Waals surface area (Å²) in [7, 11) is 0. The lowest BCUT2D eigenvalue weighted by Gasteiger charge is -2.12. The van der Waals surface area contributed by atoms with Gasteiger partial charge in [-0.25, -0.2) is 4.79 Å². The van der Waals surface area contributed by atoms with Gasteiger partial charge in [0, 0.05) is 11.7 Å². The number of urea groups is 1. The Labute approximate surface area is 146 Å². The second-order valence-electron chi connectivity index (χ2n) is 5.37. The first-order valence-corrected chi connectivity index (χ1v) is 7.58. The van der Waals surface area contributed by atoms with E-state index in [0.717, 1.165) is 12.1 Å². The van der Waals surface area contributed by atoms with Crippen LogP contribution in [0.1, 0.15) is 19.4 Å². The SMILES string of the molecule is CC(C)NC(=O)Nc1ccc(Nc2ccc(Cl)c(C(F)(F)F)c2)nn1. The Hall–Kier alpha value is -2.55. The maximum absolute atomic E-state index is 12.8. The fourth-order valence-corrected chi connectivity index (χ4v) is 2.07. The zero-order valence-electron chi connectivity index (χ0n) is 13.3. The molecular weight excluding hydrogens is 359 g/mol. The molecule has 3 N–H and O–H groups in total. The molecule has 1 heterocycles. The van der Waals surface area contributed by atoms with Crippen LogP contribution in [-0.2, 0) is 6.18 Å². The molecule has 0 aliphatic heterocycles. The van der Waals surface area contributed by atoms with E-state index in [0.29, 0.717) is 0 Å². The fraction of sp³-hybridized carbons (Fsp3) is 0.267. The van der Waals surface area contributed by atoms with E-state index in [9.17, 15) is 18.0 Å². The summed E-state index contributed by atoms with van der Waals surface area (Å²) in [5, 5.41) is 15.0. The van der Waals surface area contributed by atoms with Gasteiger partial charge in [-0.3, -0.25) is 5.32 Å². The number of carbonyl (C=O) groups excluding carboxylic acids is 1. The van der Waals surface area contributed by atoms with Crippen molar-refractivity contribution >= 4 is 35.0 Å². The maximum Gasteiger partial charge on any atom is 0.417 e. The third kappa shape index (κ3) is 5.49. The number of anilines is 3. The minimum absolute atomic E-state index is 0.0402. The number of nitrogens with zero attached hydrogens (tertiary/aromatic N) is 2. The first-order valence-electron chi connectivity index (χ1n) is 7.20. The molecular formula is C15H15ClF3N5O. The van der Waals surface area contributed by atoms with Gasteiger partial charge >= 0.3 is 12.2 Å². The Bertz CT molecular complexity index is 750. The number of rotatable bonds is 4. The summed E-state index contributed by atoms with van der Waals surface area (Å²) in [5.41, 5.74) is -0.792. The van der Waals surface area contributed by atoms with Gasteiger partial charge < -0.3 is 10.6 Å². The van der Waals surface area contributed by atoms with Crippen molar-refractivity contribution in [2.45, 2.75) is 26.1 Å². The van der Waals surface area contributed by atoms with Crippen LogP contribution in [0.25, 0.3) is 0 Å². The van der Waals surface area contributed by atoms with Crippen LogP contribution in [0.3, 0.4) is 0 Å². The average molecular weight is 374 g/mol. The number of hydrogen-bond donors (Lipinski definition) is 3. The number of benzene rings is 1. The number of carbonyl (C=O) groups is 1. The third-order valence-corrected chi connectivity index (χ3v) is 3.20. The number of aromatic nitrogens is 2. The van der Waals surface area contributed by atoms with E-state index in [4.69, 9.17) is 11.6 Å². The smallest absolute Gasteiger partial charge is 0.339 e. The molecule has 0 aliphatic carbocycles. The van der Waals surface area contributed by atoms with Crippen LogP contribution in [-0.4, -0.2) is 22.3 Å². The highest BCUT2D eigenvalue weighted by atomic mass is 35.5. The molecule has 0 saturated carbocycles.